The van der Waals surface area contributed by atoms with E-state index in [1.807, 2.05) is 0 Å². The Kier molecular flexibility index (Phi) is 10.9. The molecule has 0 spiro atoms. The van der Waals surface area contributed by atoms with E-state index in [0.29, 0.717) is 26.4 Å². The van der Waals surface area contributed by atoms with Gasteiger partial charge in [-0.2, -0.15) is 0 Å². The number of urea groups is 1. The minimum Gasteiger partial charge on any atom is -0.481 e. The first-order valence-electron chi connectivity index (χ1n) is 6.35. The van der Waals surface area contributed by atoms with Crippen molar-refractivity contribution in [2.24, 2.45) is 0 Å². The number of nitrogens with one attached hydrogen (secondary N) is 1. The Morgan fingerprint density at radius 2 is 1.95 bits per heavy atom. The van der Waals surface area contributed by atoms with Gasteiger partial charge in [-0.1, -0.05) is 0 Å². The molecule has 7 heteroatoms. The number of unbranched alkanes of at least 4 members (excludes halogenated alkanes) is 1. The first-order chi connectivity index (χ1) is 9.07. The highest BCUT2D eigenvalue weighted by Crippen LogP contribution is 1.92. The number of hydrogen-bond acceptors (Lipinski definition) is 4. The maximum Gasteiger partial charge on any atom is 0.317 e. The van der Waals surface area contributed by atoms with Gasteiger partial charge in [0.25, 0.3) is 0 Å². The molecular formula is C12H24N2O5. The molecule has 0 aliphatic carbocycles. The molecule has 19 heavy (non-hydrogen) atoms. The predicted molar refractivity (Wildman–Crippen MR) is 70.2 cm³/mol. The number of ether oxygens (including phenoxy) is 2. The summed E-state index contributed by atoms with van der Waals surface area (Å²) in [6, 6.07) is -0.249. The number of carbonyl (C=O) groups is 2. The Bertz CT molecular complexity index is 261. The van der Waals surface area contributed by atoms with Crippen LogP contribution in [-0.4, -0.2) is 69.1 Å². The smallest absolute Gasteiger partial charge is 0.317 e. The molecule has 0 saturated heterocycles. The third kappa shape index (κ3) is 11.5. The second-order valence-electron chi connectivity index (χ2n) is 4.11. The molecule has 0 aliphatic heterocycles. The lowest BCUT2D eigenvalue weighted by atomic mass is 10.3. The molecule has 0 aromatic rings. The molecule has 0 aliphatic rings. The third-order valence-corrected chi connectivity index (χ3v) is 2.43. The normalized spacial score (nSPS) is 10.2. The van der Waals surface area contributed by atoms with E-state index in [4.69, 9.17) is 14.6 Å². The molecule has 0 fully saturated rings. The van der Waals surface area contributed by atoms with Gasteiger partial charge < -0.3 is 24.8 Å². The van der Waals surface area contributed by atoms with Gasteiger partial charge >= 0.3 is 12.0 Å². The Hall–Kier alpha value is -1.34. The number of carboxylic acid groups (broad SMARTS) is 1. The fourth-order valence-corrected chi connectivity index (χ4v) is 1.27. The number of aliphatic carboxylic acids is 1. The third-order valence-electron chi connectivity index (χ3n) is 2.43. The van der Waals surface area contributed by atoms with Crippen molar-refractivity contribution in [2.75, 3.05) is 47.1 Å². The standard InChI is InChI=1S/C12H24N2O5/c1-14(7-5-11(15)16)12(17)13-6-3-4-8-19-10-9-18-2/h3-10H2,1-2H3,(H,13,17)(H,15,16). The summed E-state index contributed by atoms with van der Waals surface area (Å²) in [5.74, 6) is -0.909. The van der Waals surface area contributed by atoms with Crippen LogP contribution >= 0.6 is 0 Å². The van der Waals surface area contributed by atoms with E-state index in [-0.39, 0.29) is 19.0 Å². The van der Waals surface area contributed by atoms with Crippen molar-refractivity contribution in [3.8, 4) is 0 Å². The van der Waals surface area contributed by atoms with Gasteiger partial charge in [-0.15, -0.1) is 0 Å². The van der Waals surface area contributed by atoms with E-state index in [2.05, 4.69) is 5.32 Å². The van der Waals surface area contributed by atoms with E-state index in [0.717, 1.165) is 12.8 Å². The second kappa shape index (κ2) is 11.7. The highest BCUT2D eigenvalue weighted by Gasteiger charge is 2.08. The highest BCUT2D eigenvalue weighted by molar-refractivity contribution is 5.74. The van der Waals surface area contributed by atoms with Crippen molar-refractivity contribution in [3.05, 3.63) is 0 Å². The average molecular weight is 276 g/mol. The fourth-order valence-electron chi connectivity index (χ4n) is 1.27. The summed E-state index contributed by atoms with van der Waals surface area (Å²) in [5.41, 5.74) is 0. The Morgan fingerprint density at radius 3 is 2.58 bits per heavy atom. The molecule has 112 valence electrons. The Morgan fingerprint density at radius 1 is 1.21 bits per heavy atom. The van der Waals surface area contributed by atoms with Crippen LogP contribution in [0.1, 0.15) is 19.3 Å². The molecular weight excluding hydrogens is 252 g/mol. The van der Waals surface area contributed by atoms with Crippen LogP contribution in [-0.2, 0) is 14.3 Å². The number of carbonyl (C=O) groups excluding carboxylic acids is 1. The van der Waals surface area contributed by atoms with Crippen LogP contribution in [0.4, 0.5) is 4.79 Å². The largest absolute Gasteiger partial charge is 0.481 e. The minimum atomic E-state index is -0.909. The summed E-state index contributed by atoms with van der Waals surface area (Å²) >= 11 is 0. The number of carboxylic acids is 1. The second-order valence-corrected chi connectivity index (χ2v) is 4.11. The van der Waals surface area contributed by atoms with Gasteiger partial charge in [0.2, 0.25) is 0 Å². The van der Waals surface area contributed by atoms with Crippen molar-refractivity contribution in [2.45, 2.75) is 19.3 Å². The summed E-state index contributed by atoms with van der Waals surface area (Å²) in [7, 11) is 3.20. The van der Waals surface area contributed by atoms with Gasteiger partial charge in [-0.05, 0) is 12.8 Å². The Balaban J connectivity index is 3.39. The van der Waals surface area contributed by atoms with Crippen LogP contribution in [0.3, 0.4) is 0 Å². The highest BCUT2D eigenvalue weighted by atomic mass is 16.5. The summed E-state index contributed by atoms with van der Waals surface area (Å²) < 4.78 is 10.1. The maximum absolute atomic E-state index is 11.5. The van der Waals surface area contributed by atoms with Gasteiger partial charge in [0, 0.05) is 33.9 Å². The molecule has 0 radical (unpaired) electrons. The van der Waals surface area contributed by atoms with Crippen LogP contribution in [0.5, 0.6) is 0 Å². The van der Waals surface area contributed by atoms with E-state index in [1.54, 1.807) is 14.2 Å². The maximum atomic E-state index is 11.5. The summed E-state index contributed by atoms with van der Waals surface area (Å²) in [4.78, 5) is 23.2. The van der Waals surface area contributed by atoms with Crippen molar-refractivity contribution in [1.29, 1.82) is 0 Å². The van der Waals surface area contributed by atoms with Crippen molar-refractivity contribution in [1.82, 2.24) is 10.2 Å². The zero-order valence-electron chi connectivity index (χ0n) is 11.7. The molecule has 0 aromatic heterocycles. The zero-order chi connectivity index (χ0) is 14.5. The van der Waals surface area contributed by atoms with Crippen molar-refractivity contribution >= 4 is 12.0 Å². The molecule has 0 unspecified atom stereocenters. The predicted octanol–water partition coefficient (Wildman–Crippen LogP) is 0.546. The quantitative estimate of drug-likeness (QED) is 0.538. The monoisotopic (exact) mass is 276 g/mol. The number of methoxy groups -OCH3 is 1. The molecule has 0 aromatic carbocycles. The minimum absolute atomic E-state index is 0.0444. The number of amides is 2. The number of nitrogens with zero attached hydrogens (tertiary/aromatic N) is 1. The summed E-state index contributed by atoms with van der Waals surface area (Å²) in [6.07, 6.45) is 1.64. The molecule has 0 saturated carbocycles. The van der Waals surface area contributed by atoms with Gasteiger partial charge in [0.1, 0.15) is 0 Å². The molecule has 2 amide bonds. The van der Waals surface area contributed by atoms with Crippen molar-refractivity contribution in [3.63, 3.8) is 0 Å². The van der Waals surface area contributed by atoms with Crippen LogP contribution < -0.4 is 5.32 Å². The van der Waals surface area contributed by atoms with Gasteiger partial charge in [0.15, 0.2) is 0 Å². The number of hydrogen-bond donors (Lipinski definition) is 2. The lowest BCUT2D eigenvalue weighted by Crippen LogP contribution is -2.38. The van der Waals surface area contributed by atoms with Crippen molar-refractivity contribution < 1.29 is 24.2 Å². The van der Waals surface area contributed by atoms with Gasteiger partial charge in [0.05, 0.1) is 19.6 Å². The van der Waals surface area contributed by atoms with E-state index in [1.165, 1.54) is 4.90 Å². The molecule has 0 bridgehead atoms. The summed E-state index contributed by atoms with van der Waals surface area (Å²) in [5, 5.41) is 11.2. The van der Waals surface area contributed by atoms with E-state index < -0.39 is 5.97 Å². The SMILES string of the molecule is COCCOCCCCNC(=O)N(C)CCC(=O)O. The first-order valence-corrected chi connectivity index (χ1v) is 6.35. The topological polar surface area (TPSA) is 88.1 Å². The fraction of sp³-hybridized carbons (Fsp3) is 0.833. The molecule has 0 atom stereocenters. The average Bonchev–Trinajstić information content (AvgIpc) is 2.38. The molecule has 0 rings (SSSR count). The van der Waals surface area contributed by atoms with Crippen LogP contribution in [0.25, 0.3) is 0 Å². The van der Waals surface area contributed by atoms with E-state index in [9.17, 15) is 9.59 Å². The zero-order valence-corrected chi connectivity index (χ0v) is 11.7. The molecule has 7 nitrogen and oxygen atoms in total. The van der Waals surface area contributed by atoms with Crippen LogP contribution in [0, 0.1) is 0 Å². The van der Waals surface area contributed by atoms with Gasteiger partial charge in [-0.3, -0.25) is 4.79 Å². The molecule has 2 N–H and O–H groups in total. The van der Waals surface area contributed by atoms with E-state index >= 15 is 0 Å². The lowest BCUT2D eigenvalue weighted by Gasteiger charge is -2.16. The van der Waals surface area contributed by atoms with Crippen LogP contribution in [0.2, 0.25) is 0 Å². The number of rotatable bonds is 11. The van der Waals surface area contributed by atoms with Crippen LogP contribution in [0.15, 0.2) is 0 Å². The van der Waals surface area contributed by atoms with Gasteiger partial charge in [-0.25, -0.2) is 4.79 Å². The lowest BCUT2D eigenvalue weighted by molar-refractivity contribution is -0.137. The summed E-state index contributed by atoms with van der Waals surface area (Å²) in [6.45, 7) is 2.59. The molecule has 0 heterocycles. The first kappa shape index (κ1) is 17.7. The Labute approximate surface area is 113 Å².